The quantitative estimate of drug-likeness (QED) is 0.393. The van der Waals surface area contributed by atoms with Gasteiger partial charge in [-0.25, -0.2) is 9.59 Å². The highest BCUT2D eigenvalue weighted by atomic mass is 35.5. The molecular weight excluding hydrogens is 468 g/mol. The third-order valence-electron chi connectivity index (χ3n) is 6.32. The Hall–Kier alpha value is -3.84. The molecule has 3 N–H and O–H groups in total. The lowest BCUT2D eigenvalue weighted by molar-refractivity contribution is -0.143. The maximum Gasteiger partial charge on any atom is 0.411 e. The van der Waals surface area contributed by atoms with E-state index in [0.29, 0.717) is 0 Å². The fourth-order valence-corrected chi connectivity index (χ4v) is 4.40. The van der Waals surface area contributed by atoms with Gasteiger partial charge in [0, 0.05) is 22.2 Å². The van der Waals surface area contributed by atoms with E-state index in [-0.39, 0.29) is 35.2 Å². The third kappa shape index (κ3) is 5.00. The summed E-state index contributed by atoms with van der Waals surface area (Å²) in [5, 5.41) is 14.7. The van der Waals surface area contributed by atoms with E-state index in [1.807, 2.05) is 36.4 Å². The lowest BCUT2D eigenvalue weighted by atomic mass is 9.98. The second-order valence-electron chi connectivity index (χ2n) is 8.62. The molecule has 3 aromatic rings. The van der Waals surface area contributed by atoms with Crippen LogP contribution in [-0.4, -0.2) is 35.2 Å². The lowest BCUT2D eigenvalue weighted by Crippen LogP contribution is -2.51. The Labute approximate surface area is 208 Å². The summed E-state index contributed by atoms with van der Waals surface area (Å²) in [4.78, 5) is 36.8. The van der Waals surface area contributed by atoms with E-state index < -0.39 is 23.5 Å². The van der Waals surface area contributed by atoms with E-state index in [2.05, 4.69) is 22.8 Å². The molecule has 1 atom stereocenters. The molecule has 0 fully saturated rings. The first-order valence-corrected chi connectivity index (χ1v) is 11.6. The lowest BCUT2D eigenvalue weighted by Gasteiger charge is -2.24. The van der Waals surface area contributed by atoms with Gasteiger partial charge in [-0.1, -0.05) is 67.1 Å². The number of carbonyl (C=O) groups excluding carboxylic acids is 2. The molecule has 0 heterocycles. The van der Waals surface area contributed by atoms with Crippen molar-refractivity contribution >= 4 is 35.3 Å². The van der Waals surface area contributed by atoms with Gasteiger partial charge in [0.05, 0.1) is 0 Å². The van der Waals surface area contributed by atoms with Crippen LogP contribution >= 0.6 is 11.6 Å². The molecule has 0 saturated carbocycles. The first kappa shape index (κ1) is 24.3. The maximum absolute atomic E-state index is 12.7. The molecule has 0 aliphatic heterocycles. The highest BCUT2D eigenvalue weighted by Gasteiger charge is 2.33. The van der Waals surface area contributed by atoms with E-state index in [1.165, 1.54) is 25.1 Å². The molecule has 3 aromatic carbocycles. The van der Waals surface area contributed by atoms with Crippen molar-refractivity contribution in [3.63, 3.8) is 0 Å². The molecule has 7 nitrogen and oxygen atoms in total. The summed E-state index contributed by atoms with van der Waals surface area (Å²) in [6, 6.07) is 20.4. The molecular formula is C27H25ClN2O5. The van der Waals surface area contributed by atoms with Gasteiger partial charge in [0.2, 0.25) is 0 Å². The summed E-state index contributed by atoms with van der Waals surface area (Å²) in [5.74, 6) is -1.85. The predicted molar refractivity (Wildman–Crippen MR) is 134 cm³/mol. The molecule has 0 aromatic heterocycles. The summed E-state index contributed by atoms with van der Waals surface area (Å²) < 4.78 is 5.54. The van der Waals surface area contributed by atoms with Gasteiger partial charge in [0.1, 0.15) is 12.1 Å². The van der Waals surface area contributed by atoms with Crippen molar-refractivity contribution in [1.29, 1.82) is 0 Å². The second-order valence-corrected chi connectivity index (χ2v) is 9.06. The third-order valence-corrected chi connectivity index (χ3v) is 6.54. The van der Waals surface area contributed by atoms with Gasteiger partial charge in [0.25, 0.3) is 5.91 Å². The van der Waals surface area contributed by atoms with Crippen LogP contribution in [0, 0.1) is 0 Å². The van der Waals surface area contributed by atoms with Gasteiger partial charge >= 0.3 is 12.1 Å². The predicted octanol–water partition coefficient (Wildman–Crippen LogP) is 5.68. The molecule has 0 saturated heterocycles. The zero-order valence-corrected chi connectivity index (χ0v) is 20.1. The van der Waals surface area contributed by atoms with Gasteiger partial charge < -0.3 is 15.2 Å². The van der Waals surface area contributed by atoms with Gasteiger partial charge in [-0.3, -0.25) is 10.1 Å². The molecule has 0 spiro atoms. The highest BCUT2D eigenvalue weighted by molar-refractivity contribution is 6.31. The van der Waals surface area contributed by atoms with Crippen molar-refractivity contribution < 1.29 is 24.2 Å². The van der Waals surface area contributed by atoms with Gasteiger partial charge in [-0.05, 0) is 53.8 Å². The Morgan fingerprint density at radius 2 is 1.60 bits per heavy atom. The number of anilines is 1. The summed E-state index contributed by atoms with van der Waals surface area (Å²) >= 11 is 6.15. The maximum atomic E-state index is 12.7. The number of carboxylic acids is 1. The van der Waals surface area contributed by atoms with Crippen LogP contribution in [0.15, 0.2) is 66.7 Å². The largest absolute Gasteiger partial charge is 0.480 e. The van der Waals surface area contributed by atoms with E-state index in [9.17, 15) is 19.5 Å². The van der Waals surface area contributed by atoms with Crippen molar-refractivity contribution in [2.75, 3.05) is 11.9 Å². The fourth-order valence-electron chi connectivity index (χ4n) is 4.16. The number of nitrogens with one attached hydrogen (secondary N) is 2. The van der Waals surface area contributed by atoms with E-state index in [4.69, 9.17) is 16.3 Å². The Morgan fingerprint density at radius 3 is 2.17 bits per heavy atom. The molecule has 180 valence electrons. The minimum Gasteiger partial charge on any atom is -0.480 e. The Kier molecular flexibility index (Phi) is 6.80. The number of fused-ring (bicyclic) bond motifs is 3. The van der Waals surface area contributed by atoms with Crippen LogP contribution < -0.4 is 10.6 Å². The minimum absolute atomic E-state index is 0.0865. The first-order chi connectivity index (χ1) is 16.7. The number of ether oxygens (including phenoxy) is 1. The molecule has 1 aliphatic carbocycles. The van der Waals surface area contributed by atoms with Crippen molar-refractivity contribution in [1.82, 2.24) is 5.32 Å². The average molecular weight is 493 g/mol. The van der Waals surface area contributed by atoms with Gasteiger partial charge in [-0.15, -0.1) is 0 Å². The van der Waals surface area contributed by atoms with E-state index in [1.54, 1.807) is 6.92 Å². The standard InChI is InChI=1S/C27H25ClN2O5/c1-3-27(2,25(32)33)30-24(31)16-12-17(28)14-18(13-16)29-26(34)35-15-23-21-10-6-4-8-19(21)20-9-5-7-11-22(20)23/h4-14,23H,3,15H2,1-2H3,(H,29,34)(H,30,31)(H,32,33). The minimum atomic E-state index is -1.43. The molecule has 0 bridgehead atoms. The van der Waals surface area contributed by atoms with Crippen molar-refractivity contribution in [2.45, 2.75) is 31.7 Å². The number of hydrogen-bond acceptors (Lipinski definition) is 4. The smallest absolute Gasteiger partial charge is 0.411 e. The summed E-state index contributed by atoms with van der Waals surface area (Å²) in [7, 11) is 0. The first-order valence-electron chi connectivity index (χ1n) is 11.2. The van der Waals surface area contributed by atoms with Crippen LogP contribution in [0.25, 0.3) is 11.1 Å². The zero-order chi connectivity index (χ0) is 25.2. The topological polar surface area (TPSA) is 105 Å². The van der Waals surface area contributed by atoms with Crippen LogP contribution in [0.2, 0.25) is 5.02 Å². The van der Waals surface area contributed by atoms with Crippen molar-refractivity contribution in [3.05, 3.63) is 88.4 Å². The molecule has 2 amide bonds. The van der Waals surface area contributed by atoms with Crippen molar-refractivity contribution in [2.24, 2.45) is 0 Å². The zero-order valence-electron chi connectivity index (χ0n) is 19.3. The number of rotatable bonds is 7. The number of carboxylic acid groups (broad SMARTS) is 1. The number of aliphatic carboxylic acids is 1. The number of halogens is 1. The number of carbonyl (C=O) groups is 3. The fraction of sp³-hybridized carbons (Fsp3) is 0.222. The molecule has 0 radical (unpaired) electrons. The Balaban J connectivity index is 1.45. The van der Waals surface area contributed by atoms with Gasteiger partial charge in [-0.2, -0.15) is 0 Å². The Morgan fingerprint density at radius 1 is 1.00 bits per heavy atom. The highest BCUT2D eigenvalue weighted by Crippen LogP contribution is 2.44. The second kappa shape index (κ2) is 9.80. The van der Waals surface area contributed by atoms with Crippen LogP contribution in [-0.2, 0) is 9.53 Å². The monoisotopic (exact) mass is 492 g/mol. The Bertz CT molecular complexity index is 1260. The number of amides is 2. The van der Waals surface area contributed by atoms with Crippen LogP contribution in [0.1, 0.15) is 47.7 Å². The summed E-state index contributed by atoms with van der Waals surface area (Å²) in [6.07, 6.45) is -0.496. The number of hydrogen-bond donors (Lipinski definition) is 3. The molecule has 1 unspecified atom stereocenters. The van der Waals surface area contributed by atoms with Gasteiger partial charge in [0.15, 0.2) is 0 Å². The van der Waals surface area contributed by atoms with E-state index in [0.717, 1.165) is 22.3 Å². The number of benzene rings is 3. The van der Waals surface area contributed by atoms with Crippen LogP contribution in [0.3, 0.4) is 0 Å². The summed E-state index contributed by atoms with van der Waals surface area (Å²) in [6.45, 7) is 3.23. The molecule has 1 aliphatic rings. The normalized spacial score (nSPS) is 13.8. The summed E-state index contributed by atoms with van der Waals surface area (Å²) in [5.41, 5.74) is 3.40. The van der Waals surface area contributed by atoms with Crippen LogP contribution in [0.4, 0.5) is 10.5 Å². The van der Waals surface area contributed by atoms with Crippen LogP contribution in [0.5, 0.6) is 0 Å². The van der Waals surface area contributed by atoms with E-state index >= 15 is 0 Å². The molecule has 35 heavy (non-hydrogen) atoms. The SMILES string of the molecule is CCC(C)(NC(=O)c1cc(Cl)cc(NC(=O)OCC2c3ccccc3-c3ccccc32)c1)C(=O)O. The molecule has 4 rings (SSSR count). The average Bonchev–Trinajstić information content (AvgIpc) is 3.16. The van der Waals surface area contributed by atoms with Crippen molar-refractivity contribution in [3.8, 4) is 11.1 Å². The molecule has 8 heteroatoms.